The average Bonchev–Trinajstić information content (AvgIpc) is 2.79. The van der Waals surface area contributed by atoms with Gasteiger partial charge in [0, 0.05) is 24.7 Å². The van der Waals surface area contributed by atoms with E-state index in [2.05, 4.69) is 20.4 Å². The lowest BCUT2D eigenvalue weighted by Gasteiger charge is -2.23. The number of hydrogen-bond donors (Lipinski definition) is 2. The first-order valence-electron chi connectivity index (χ1n) is 6.91. The van der Waals surface area contributed by atoms with E-state index in [0.29, 0.717) is 18.3 Å². The van der Waals surface area contributed by atoms with Gasteiger partial charge in [0.2, 0.25) is 0 Å². The highest BCUT2D eigenvalue weighted by Gasteiger charge is 2.20. The summed E-state index contributed by atoms with van der Waals surface area (Å²) in [5.74, 6) is 2.15. The Morgan fingerprint density at radius 1 is 1.35 bits per heavy atom. The highest BCUT2D eigenvalue weighted by atomic mass is 16.3. The van der Waals surface area contributed by atoms with Crippen molar-refractivity contribution >= 4 is 0 Å². The van der Waals surface area contributed by atoms with E-state index >= 15 is 0 Å². The molecule has 2 aromatic rings. The van der Waals surface area contributed by atoms with Crippen LogP contribution in [-0.2, 0) is 19.5 Å². The van der Waals surface area contributed by atoms with Crippen molar-refractivity contribution in [3.63, 3.8) is 0 Å². The summed E-state index contributed by atoms with van der Waals surface area (Å²) < 4.78 is 1.97. The van der Waals surface area contributed by atoms with Gasteiger partial charge in [-0.05, 0) is 32.4 Å². The van der Waals surface area contributed by atoms with Gasteiger partial charge in [0.15, 0.2) is 0 Å². The summed E-state index contributed by atoms with van der Waals surface area (Å²) in [6.07, 6.45) is 1.97. The largest absolute Gasteiger partial charge is 0.506 e. The zero-order chi connectivity index (χ0) is 14.1. The Hall–Kier alpha value is -1.95. The third kappa shape index (κ3) is 2.65. The Balaban J connectivity index is 1.64. The van der Waals surface area contributed by atoms with Gasteiger partial charge in [0.1, 0.15) is 17.4 Å². The molecule has 20 heavy (non-hydrogen) atoms. The van der Waals surface area contributed by atoms with Crippen molar-refractivity contribution in [1.29, 1.82) is 0 Å². The first-order chi connectivity index (χ1) is 9.61. The van der Waals surface area contributed by atoms with E-state index in [0.717, 1.165) is 36.7 Å². The van der Waals surface area contributed by atoms with E-state index in [1.165, 1.54) is 0 Å². The van der Waals surface area contributed by atoms with Crippen LogP contribution < -0.4 is 5.32 Å². The smallest absolute Gasteiger partial charge is 0.147 e. The van der Waals surface area contributed by atoms with Gasteiger partial charge in [-0.2, -0.15) is 5.10 Å². The molecular formula is C14H19N5O. The van der Waals surface area contributed by atoms with E-state index in [4.69, 9.17) is 0 Å². The molecule has 0 radical (unpaired) electrons. The molecule has 0 aromatic carbocycles. The maximum absolute atomic E-state index is 9.80. The number of pyridine rings is 1. The van der Waals surface area contributed by atoms with Crippen molar-refractivity contribution < 1.29 is 5.11 Å². The first kappa shape index (κ1) is 13.1. The molecule has 3 heterocycles. The lowest BCUT2D eigenvalue weighted by Crippen LogP contribution is -2.37. The molecular weight excluding hydrogens is 254 g/mol. The molecule has 6 nitrogen and oxygen atoms in total. The molecule has 2 aromatic heterocycles. The van der Waals surface area contributed by atoms with Gasteiger partial charge in [-0.25, -0.2) is 9.67 Å². The Morgan fingerprint density at radius 3 is 3.05 bits per heavy atom. The standard InChI is InChI=1S/C14H19N5O/c1-9-3-5-13(20)12(16-9)7-15-11-4-6-14-17-10(2)18-19(14)8-11/h3,5,11,15,20H,4,6-8H2,1-2H3/t11-/m1/s1. The van der Waals surface area contributed by atoms with Gasteiger partial charge in [0.05, 0.1) is 12.2 Å². The van der Waals surface area contributed by atoms with Crippen LogP contribution in [0.2, 0.25) is 0 Å². The summed E-state index contributed by atoms with van der Waals surface area (Å²) in [6, 6.07) is 3.84. The minimum absolute atomic E-state index is 0.246. The van der Waals surface area contributed by atoms with Gasteiger partial charge in [-0.1, -0.05) is 0 Å². The van der Waals surface area contributed by atoms with Crippen LogP contribution in [0.15, 0.2) is 12.1 Å². The maximum Gasteiger partial charge on any atom is 0.147 e. The molecule has 0 amide bonds. The van der Waals surface area contributed by atoms with Gasteiger partial charge in [0.25, 0.3) is 0 Å². The fourth-order valence-corrected chi connectivity index (χ4v) is 2.57. The molecule has 0 saturated heterocycles. The van der Waals surface area contributed by atoms with Crippen molar-refractivity contribution in [2.45, 2.75) is 45.8 Å². The van der Waals surface area contributed by atoms with Crippen molar-refractivity contribution in [2.24, 2.45) is 0 Å². The molecule has 0 fully saturated rings. The summed E-state index contributed by atoms with van der Waals surface area (Å²) in [6.45, 7) is 5.24. The SMILES string of the molecule is Cc1ccc(O)c(CN[C@@H]2CCc3nc(C)nn3C2)n1. The summed E-state index contributed by atoms with van der Waals surface area (Å²) in [4.78, 5) is 8.76. The zero-order valence-electron chi connectivity index (χ0n) is 11.8. The fraction of sp³-hybridized carbons (Fsp3) is 0.500. The average molecular weight is 273 g/mol. The molecule has 106 valence electrons. The lowest BCUT2D eigenvalue weighted by atomic mass is 10.1. The van der Waals surface area contributed by atoms with E-state index in [1.807, 2.05) is 24.6 Å². The fourth-order valence-electron chi connectivity index (χ4n) is 2.57. The van der Waals surface area contributed by atoms with Crippen molar-refractivity contribution in [1.82, 2.24) is 25.1 Å². The number of hydrogen-bond acceptors (Lipinski definition) is 5. The summed E-state index contributed by atoms with van der Waals surface area (Å²) >= 11 is 0. The van der Waals surface area contributed by atoms with Gasteiger partial charge in [-0.3, -0.25) is 4.98 Å². The van der Waals surface area contributed by atoms with E-state index < -0.39 is 0 Å². The quantitative estimate of drug-likeness (QED) is 0.876. The first-order valence-corrected chi connectivity index (χ1v) is 6.91. The van der Waals surface area contributed by atoms with Crippen LogP contribution in [0.5, 0.6) is 5.75 Å². The molecule has 0 bridgehead atoms. The summed E-state index contributed by atoms with van der Waals surface area (Å²) in [5, 5.41) is 17.6. The van der Waals surface area contributed by atoms with Crippen molar-refractivity contribution in [3.8, 4) is 5.75 Å². The molecule has 1 atom stereocenters. The zero-order valence-corrected chi connectivity index (χ0v) is 11.8. The summed E-state index contributed by atoms with van der Waals surface area (Å²) in [7, 11) is 0. The molecule has 2 N–H and O–H groups in total. The van der Waals surface area contributed by atoms with Crippen LogP contribution >= 0.6 is 0 Å². The number of nitrogens with zero attached hydrogens (tertiary/aromatic N) is 4. The van der Waals surface area contributed by atoms with Gasteiger partial charge in [-0.15, -0.1) is 0 Å². The normalized spacial score (nSPS) is 18.0. The molecule has 3 rings (SSSR count). The molecule has 0 unspecified atom stereocenters. The second kappa shape index (κ2) is 5.20. The maximum atomic E-state index is 9.80. The molecule has 1 aliphatic rings. The number of aryl methyl sites for hydroxylation is 3. The predicted molar refractivity (Wildman–Crippen MR) is 74.3 cm³/mol. The van der Waals surface area contributed by atoms with Crippen LogP contribution in [0.1, 0.15) is 29.5 Å². The van der Waals surface area contributed by atoms with Gasteiger partial charge < -0.3 is 10.4 Å². The van der Waals surface area contributed by atoms with Crippen LogP contribution in [0, 0.1) is 13.8 Å². The third-order valence-corrected chi connectivity index (χ3v) is 3.61. The minimum Gasteiger partial charge on any atom is -0.506 e. The Labute approximate surface area is 117 Å². The minimum atomic E-state index is 0.246. The second-order valence-corrected chi connectivity index (χ2v) is 5.29. The Kier molecular flexibility index (Phi) is 3.40. The molecule has 1 aliphatic heterocycles. The highest BCUT2D eigenvalue weighted by Crippen LogP contribution is 2.17. The van der Waals surface area contributed by atoms with Gasteiger partial charge >= 0.3 is 0 Å². The van der Waals surface area contributed by atoms with Crippen LogP contribution in [0.4, 0.5) is 0 Å². The van der Waals surface area contributed by atoms with E-state index in [-0.39, 0.29) is 5.75 Å². The van der Waals surface area contributed by atoms with Crippen LogP contribution in [0.3, 0.4) is 0 Å². The van der Waals surface area contributed by atoms with Crippen molar-refractivity contribution in [3.05, 3.63) is 35.2 Å². The topological polar surface area (TPSA) is 75.9 Å². The number of rotatable bonds is 3. The third-order valence-electron chi connectivity index (χ3n) is 3.61. The summed E-state index contributed by atoms with van der Waals surface area (Å²) in [5.41, 5.74) is 1.61. The van der Waals surface area contributed by atoms with E-state index in [1.54, 1.807) is 6.07 Å². The predicted octanol–water partition coefficient (Wildman–Crippen LogP) is 1.10. The molecule has 0 spiro atoms. The Bertz CT molecular complexity index is 622. The second-order valence-electron chi connectivity index (χ2n) is 5.29. The molecule has 0 aliphatic carbocycles. The van der Waals surface area contributed by atoms with Crippen molar-refractivity contribution in [2.75, 3.05) is 0 Å². The molecule has 0 saturated carbocycles. The number of aromatic nitrogens is 4. The monoisotopic (exact) mass is 273 g/mol. The number of nitrogens with one attached hydrogen (secondary N) is 1. The highest BCUT2D eigenvalue weighted by molar-refractivity contribution is 5.27. The van der Waals surface area contributed by atoms with E-state index in [9.17, 15) is 5.11 Å². The molecule has 6 heteroatoms. The lowest BCUT2D eigenvalue weighted by molar-refractivity contribution is 0.353. The Morgan fingerprint density at radius 2 is 2.20 bits per heavy atom. The number of aromatic hydroxyl groups is 1. The van der Waals surface area contributed by atoms with Crippen LogP contribution in [0.25, 0.3) is 0 Å². The number of fused-ring (bicyclic) bond motifs is 1. The van der Waals surface area contributed by atoms with Crippen LogP contribution in [-0.4, -0.2) is 30.9 Å².